The summed E-state index contributed by atoms with van der Waals surface area (Å²) in [7, 11) is 0. The summed E-state index contributed by atoms with van der Waals surface area (Å²) in [4.78, 5) is 11.5. The minimum atomic E-state index is -4.53. The Morgan fingerprint density at radius 3 is 2.68 bits per heavy atom. The SMILES string of the molecule is C=CCNCC(=O)Nc1ccc(Br)cc1C(F)(F)F. The van der Waals surface area contributed by atoms with Crippen molar-refractivity contribution in [2.24, 2.45) is 0 Å². The summed E-state index contributed by atoms with van der Waals surface area (Å²) >= 11 is 2.97. The van der Waals surface area contributed by atoms with E-state index in [9.17, 15) is 18.0 Å². The lowest BCUT2D eigenvalue weighted by Crippen LogP contribution is -2.28. The Bertz CT molecular complexity index is 475. The predicted molar refractivity (Wildman–Crippen MR) is 70.8 cm³/mol. The van der Waals surface area contributed by atoms with Gasteiger partial charge in [-0.05, 0) is 18.2 Å². The molecule has 1 amide bonds. The van der Waals surface area contributed by atoms with Gasteiger partial charge in [0.25, 0.3) is 0 Å². The van der Waals surface area contributed by atoms with Gasteiger partial charge < -0.3 is 10.6 Å². The Hall–Kier alpha value is -1.34. The molecule has 0 saturated carbocycles. The molecule has 0 saturated heterocycles. The van der Waals surface area contributed by atoms with Gasteiger partial charge in [-0.2, -0.15) is 13.2 Å². The molecule has 0 spiro atoms. The third-order valence-electron chi connectivity index (χ3n) is 2.14. The summed E-state index contributed by atoms with van der Waals surface area (Å²) in [6, 6.07) is 3.56. The summed E-state index contributed by atoms with van der Waals surface area (Å²) in [6.45, 7) is 3.77. The molecule has 0 radical (unpaired) electrons. The van der Waals surface area contributed by atoms with Crippen LogP contribution in [0.5, 0.6) is 0 Å². The normalized spacial score (nSPS) is 11.2. The summed E-state index contributed by atoms with van der Waals surface area (Å²) in [5.74, 6) is -0.547. The zero-order chi connectivity index (χ0) is 14.5. The zero-order valence-corrected chi connectivity index (χ0v) is 11.4. The minimum absolute atomic E-state index is 0.0839. The van der Waals surface area contributed by atoms with E-state index in [0.29, 0.717) is 11.0 Å². The number of anilines is 1. The first-order valence-electron chi connectivity index (χ1n) is 5.33. The van der Waals surface area contributed by atoms with Gasteiger partial charge in [-0.1, -0.05) is 22.0 Å². The molecule has 3 nitrogen and oxygen atoms in total. The van der Waals surface area contributed by atoms with Crippen LogP contribution in [0.15, 0.2) is 35.3 Å². The molecule has 19 heavy (non-hydrogen) atoms. The molecule has 0 aliphatic heterocycles. The molecule has 0 unspecified atom stereocenters. The highest BCUT2D eigenvalue weighted by Gasteiger charge is 2.34. The fourth-order valence-electron chi connectivity index (χ4n) is 1.34. The number of hydrogen-bond donors (Lipinski definition) is 2. The maximum Gasteiger partial charge on any atom is 0.418 e. The van der Waals surface area contributed by atoms with Crippen molar-refractivity contribution in [3.63, 3.8) is 0 Å². The van der Waals surface area contributed by atoms with Crippen molar-refractivity contribution in [3.05, 3.63) is 40.9 Å². The molecule has 7 heteroatoms. The quantitative estimate of drug-likeness (QED) is 0.640. The molecule has 0 heterocycles. The molecule has 1 rings (SSSR count). The molecule has 0 aliphatic carbocycles. The van der Waals surface area contributed by atoms with Crippen LogP contribution in [0.25, 0.3) is 0 Å². The van der Waals surface area contributed by atoms with Crippen LogP contribution in [0, 0.1) is 0 Å². The monoisotopic (exact) mass is 336 g/mol. The highest BCUT2D eigenvalue weighted by molar-refractivity contribution is 9.10. The van der Waals surface area contributed by atoms with Gasteiger partial charge in [0, 0.05) is 11.0 Å². The molecule has 0 atom stereocenters. The number of carbonyl (C=O) groups is 1. The number of halogens is 4. The van der Waals surface area contributed by atoms with Gasteiger partial charge in [0.1, 0.15) is 0 Å². The summed E-state index contributed by atoms with van der Waals surface area (Å²) in [6.07, 6.45) is -2.98. The van der Waals surface area contributed by atoms with Crippen LogP contribution in [-0.2, 0) is 11.0 Å². The molecule has 1 aromatic carbocycles. The Balaban J connectivity index is 2.83. The van der Waals surface area contributed by atoms with Crippen molar-refractivity contribution < 1.29 is 18.0 Å². The number of hydrogen-bond acceptors (Lipinski definition) is 2. The van der Waals surface area contributed by atoms with E-state index in [0.717, 1.165) is 6.07 Å². The average molecular weight is 337 g/mol. The standard InChI is InChI=1S/C12H12BrF3N2O/c1-2-5-17-7-11(19)18-10-4-3-8(13)6-9(10)12(14,15)16/h2-4,6,17H,1,5,7H2,(H,18,19). The number of nitrogens with one attached hydrogen (secondary N) is 2. The van der Waals surface area contributed by atoms with Gasteiger partial charge in [-0.3, -0.25) is 4.79 Å². The van der Waals surface area contributed by atoms with E-state index in [-0.39, 0.29) is 12.2 Å². The number of amides is 1. The lowest BCUT2D eigenvalue weighted by Gasteiger charge is -2.14. The maximum atomic E-state index is 12.8. The highest BCUT2D eigenvalue weighted by atomic mass is 79.9. The van der Waals surface area contributed by atoms with Crippen molar-refractivity contribution in [1.29, 1.82) is 0 Å². The first kappa shape index (κ1) is 15.7. The van der Waals surface area contributed by atoms with Gasteiger partial charge in [0.2, 0.25) is 5.91 Å². The number of alkyl halides is 3. The lowest BCUT2D eigenvalue weighted by atomic mass is 10.1. The van der Waals surface area contributed by atoms with E-state index in [1.807, 2.05) is 0 Å². The molecule has 0 aliphatic rings. The molecular weight excluding hydrogens is 325 g/mol. The van der Waals surface area contributed by atoms with Crippen LogP contribution in [0.4, 0.5) is 18.9 Å². The second kappa shape index (κ2) is 6.72. The van der Waals surface area contributed by atoms with Crippen LogP contribution in [0.2, 0.25) is 0 Å². The summed E-state index contributed by atoms with van der Waals surface area (Å²) in [5.41, 5.74) is -1.15. The first-order valence-corrected chi connectivity index (χ1v) is 6.12. The molecule has 0 aromatic heterocycles. The van der Waals surface area contributed by atoms with Crippen LogP contribution < -0.4 is 10.6 Å². The summed E-state index contributed by atoms with van der Waals surface area (Å²) < 4.78 is 38.6. The predicted octanol–water partition coefficient (Wildman–Crippen LogP) is 3.18. The van der Waals surface area contributed by atoms with Gasteiger partial charge >= 0.3 is 6.18 Å². The molecule has 0 fully saturated rings. The van der Waals surface area contributed by atoms with Crippen LogP contribution in [-0.4, -0.2) is 19.0 Å². The van der Waals surface area contributed by atoms with Crippen molar-refractivity contribution in [2.45, 2.75) is 6.18 Å². The molecule has 104 valence electrons. The third kappa shape index (κ3) is 5.04. The smallest absolute Gasteiger partial charge is 0.324 e. The van der Waals surface area contributed by atoms with E-state index in [1.165, 1.54) is 12.1 Å². The van der Waals surface area contributed by atoms with Crippen molar-refractivity contribution in [2.75, 3.05) is 18.4 Å². The Morgan fingerprint density at radius 1 is 1.42 bits per heavy atom. The molecule has 0 bridgehead atoms. The van der Waals surface area contributed by atoms with Gasteiger partial charge in [0.05, 0.1) is 17.8 Å². The van der Waals surface area contributed by atoms with Crippen molar-refractivity contribution in [1.82, 2.24) is 5.32 Å². The van der Waals surface area contributed by atoms with Crippen molar-refractivity contribution >= 4 is 27.5 Å². The molecular formula is C12H12BrF3N2O. The Labute approximate surface area is 117 Å². The zero-order valence-electron chi connectivity index (χ0n) is 9.85. The second-order valence-electron chi connectivity index (χ2n) is 3.66. The van der Waals surface area contributed by atoms with Crippen molar-refractivity contribution in [3.8, 4) is 0 Å². The van der Waals surface area contributed by atoms with Crippen LogP contribution in [0.1, 0.15) is 5.56 Å². The van der Waals surface area contributed by atoms with Crippen LogP contribution >= 0.6 is 15.9 Å². The number of rotatable bonds is 5. The fraction of sp³-hybridized carbons (Fsp3) is 0.250. The number of benzene rings is 1. The highest BCUT2D eigenvalue weighted by Crippen LogP contribution is 2.36. The first-order chi connectivity index (χ1) is 8.84. The van der Waals surface area contributed by atoms with E-state index in [1.54, 1.807) is 6.08 Å². The van der Waals surface area contributed by atoms with E-state index < -0.39 is 17.6 Å². The van der Waals surface area contributed by atoms with E-state index in [4.69, 9.17) is 0 Å². The Morgan fingerprint density at radius 2 is 2.11 bits per heavy atom. The van der Waals surface area contributed by atoms with Crippen LogP contribution in [0.3, 0.4) is 0 Å². The largest absolute Gasteiger partial charge is 0.418 e. The molecule has 1 aromatic rings. The van der Waals surface area contributed by atoms with Gasteiger partial charge in [0.15, 0.2) is 0 Å². The van der Waals surface area contributed by atoms with E-state index >= 15 is 0 Å². The fourth-order valence-corrected chi connectivity index (χ4v) is 1.70. The minimum Gasteiger partial charge on any atom is -0.324 e. The maximum absolute atomic E-state index is 12.8. The Kier molecular flexibility index (Phi) is 5.56. The number of carbonyl (C=O) groups excluding carboxylic acids is 1. The average Bonchev–Trinajstić information content (AvgIpc) is 2.30. The summed E-state index contributed by atoms with van der Waals surface area (Å²) in [5, 5.41) is 4.93. The van der Waals surface area contributed by atoms with Gasteiger partial charge in [-0.15, -0.1) is 6.58 Å². The van der Waals surface area contributed by atoms with E-state index in [2.05, 4.69) is 33.1 Å². The molecule has 2 N–H and O–H groups in total. The second-order valence-corrected chi connectivity index (χ2v) is 4.57. The third-order valence-corrected chi connectivity index (χ3v) is 2.63. The topological polar surface area (TPSA) is 41.1 Å². The van der Waals surface area contributed by atoms with Gasteiger partial charge in [-0.25, -0.2) is 0 Å². The lowest BCUT2D eigenvalue weighted by molar-refractivity contribution is -0.137.